The van der Waals surface area contributed by atoms with Gasteiger partial charge in [0.1, 0.15) is 6.10 Å². The lowest BCUT2D eigenvalue weighted by Gasteiger charge is -2.58. The summed E-state index contributed by atoms with van der Waals surface area (Å²) in [4.78, 5) is 23.1. The number of allylic oxidation sites excluding steroid dienone is 1. The van der Waals surface area contributed by atoms with Crippen LogP contribution in [-0.4, -0.2) is 23.1 Å². The SMILES string of the molecule is CC[C@H](CC[C@@H](C)[C@H]1CCC2C3CC=C4C[C@@H](OC(=O)CCCCC(=O)O)CC[C@]4(C)C3CC[C@@]21C)C(C)C. The van der Waals surface area contributed by atoms with E-state index in [9.17, 15) is 9.59 Å². The van der Waals surface area contributed by atoms with Crippen molar-refractivity contribution < 1.29 is 19.4 Å². The predicted octanol–water partition coefficient (Wildman–Crippen LogP) is 9.22. The van der Waals surface area contributed by atoms with Crippen LogP contribution >= 0.6 is 0 Å². The molecule has 0 bridgehead atoms. The number of hydrogen-bond acceptors (Lipinski definition) is 3. The molecule has 4 aliphatic rings. The van der Waals surface area contributed by atoms with Crippen LogP contribution in [0.1, 0.15) is 138 Å². The van der Waals surface area contributed by atoms with Crippen molar-refractivity contribution in [3.63, 3.8) is 0 Å². The van der Waals surface area contributed by atoms with Gasteiger partial charge in [-0.25, -0.2) is 0 Å². The van der Waals surface area contributed by atoms with Crippen LogP contribution in [0, 0.1) is 52.3 Å². The number of carbonyl (C=O) groups is 2. The van der Waals surface area contributed by atoms with Crippen LogP contribution in [0.15, 0.2) is 11.6 Å². The molecule has 4 heteroatoms. The number of hydrogen-bond donors (Lipinski definition) is 1. The minimum atomic E-state index is -0.796. The van der Waals surface area contributed by atoms with Crippen LogP contribution in [0.25, 0.3) is 0 Å². The summed E-state index contributed by atoms with van der Waals surface area (Å²) in [7, 11) is 0. The Hall–Kier alpha value is -1.32. The Morgan fingerprint density at radius 2 is 1.74 bits per heavy atom. The average molecular weight is 543 g/mol. The van der Waals surface area contributed by atoms with Crippen LogP contribution < -0.4 is 0 Å². The van der Waals surface area contributed by atoms with E-state index < -0.39 is 5.97 Å². The molecule has 222 valence electrons. The van der Waals surface area contributed by atoms with E-state index >= 15 is 0 Å². The fourth-order valence-corrected chi connectivity index (χ4v) is 10.2. The molecule has 4 aliphatic carbocycles. The number of esters is 1. The molecule has 0 radical (unpaired) electrons. The highest BCUT2D eigenvalue weighted by molar-refractivity contribution is 5.70. The van der Waals surface area contributed by atoms with Crippen molar-refractivity contribution in [2.45, 2.75) is 144 Å². The molecule has 3 unspecified atom stereocenters. The number of rotatable bonds is 12. The zero-order valence-corrected chi connectivity index (χ0v) is 26.0. The van der Waals surface area contributed by atoms with Crippen LogP contribution in [0.4, 0.5) is 0 Å². The lowest BCUT2D eigenvalue weighted by Crippen LogP contribution is -2.51. The molecule has 4 rings (SSSR count). The zero-order valence-electron chi connectivity index (χ0n) is 26.0. The summed E-state index contributed by atoms with van der Waals surface area (Å²) >= 11 is 0. The van der Waals surface area contributed by atoms with E-state index in [-0.39, 0.29) is 23.9 Å². The fourth-order valence-electron chi connectivity index (χ4n) is 10.2. The third kappa shape index (κ3) is 6.45. The highest BCUT2D eigenvalue weighted by Crippen LogP contribution is 2.67. The maximum atomic E-state index is 12.4. The van der Waals surface area contributed by atoms with Gasteiger partial charge in [0.25, 0.3) is 0 Å². The van der Waals surface area contributed by atoms with E-state index in [2.05, 4.69) is 47.6 Å². The second-order valence-corrected chi connectivity index (χ2v) is 14.9. The molecule has 3 fully saturated rings. The van der Waals surface area contributed by atoms with Crippen LogP contribution in [0.5, 0.6) is 0 Å². The van der Waals surface area contributed by atoms with E-state index in [4.69, 9.17) is 9.84 Å². The first-order valence-electron chi connectivity index (χ1n) is 16.6. The predicted molar refractivity (Wildman–Crippen MR) is 158 cm³/mol. The summed E-state index contributed by atoms with van der Waals surface area (Å²) in [5.41, 5.74) is 2.34. The molecule has 0 aromatic heterocycles. The first-order valence-corrected chi connectivity index (χ1v) is 16.6. The first-order chi connectivity index (χ1) is 18.5. The smallest absolute Gasteiger partial charge is 0.306 e. The number of aliphatic carboxylic acids is 1. The Kier molecular flexibility index (Phi) is 9.96. The maximum Gasteiger partial charge on any atom is 0.306 e. The summed E-state index contributed by atoms with van der Waals surface area (Å²) in [5.74, 6) is 4.92. The lowest BCUT2D eigenvalue weighted by atomic mass is 9.47. The molecule has 4 nitrogen and oxygen atoms in total. The van der Waals surface area contributed by atoms with Gasteiger partial charge in [-0.1, -0.05) is 66.0 Å². The molecular weight excluding hydrogens is 484 g/mol. The number of carboxylic acid groups (broad SMARTS) is 1. The van der Waals surface area contributed by atoms with Gasteiger partial charge in [-0.3, -0.25) is 9.59 Å². The second kappa shape index (κ2) is 12.7. The highest BCUT2D eigenvalue weighted by Gasteiger charge is 2.59. The first kappa shape index (κ1) is 30.6. The standard InChI is InChI=1S/C35H58O4/c1-7-25(23(2)3)13-12-24(4)29-16-17-30-28-15-14-26-22-27(39-33(38)11-9-8-10-32(36)37)18-20-34(26,5)31(28)19-21-35(29,30)6/h14,23-25,27-31H,7-13,15-22H2,1-6H3,(H,36,37)/t24-,25-,27+,28?,29-,30?,31?,34+,35-/m1/s1. The van der Waals surface area contributed by atoms with Gasteiger partial charge in [0.15, 0.2) is 0 Å². The number of ether oxygens (including phenoxy) is 1. The summed E-state index contributed by atoms with van der Waals surface area (Å²) in [6.07, 6.45) is 18.1. The number of unbranched alkanes of at least 4 members (excludes halogenated alkanes) is 1. The average Bonchev–Trinajstić information content (AvgIpc) is 3.24. The van der Waals surface area contributed by atoms with Gasteiger partial charge in [0.2, 0.25) is 0 Å². The monoisotopic (exact) mass is 542 g/mol. The molecule has 39 heavy (non-hydrogen) atoms. The number of carbonyl (C=O) groups excluding carboxylic acids is 1. The normalized spacial score (nSPS) is 37.3. The van der Waals surface area contributed by atoms with Gasteiger partial charge in [-0.2, -0.15) is 0 Å². The minimum Gasteiger partial charge on any atom is -0.481 e. The van der Waals surface area contributed by atoms with E-state index in [0.717, 1.165) is 60.7 Å². The van der Waals surface area contributed by atoms with Gasteiger partial charge in [0.05, 0.1) is 0 Å². The second-order valence-electron chi connectivity index (χ2n) is 14.9. The Bertz CT molecular complexity index is 891. The maximum absolute atomic E-state index is 12.4. The molecule has 0 spiro atoms. The van der Waals surface area contributed by atoms with Gasteiger partial charge in [-0.05, 0) is 116 Å². The van der Waals surface area contributed by atoms with Crippen LogP contribution in [0.3, 0.4) is 0 Å². The molecule has 0 aliphatic heterocycles. The Morgan fingerprint density at radius 1 is 1.00 bits per heavy atom. The van der Waals surface area contributed by atoms with Gasteiger partial charge < -0.3 is 9.84 Å². The zero-order chi connectivity index (χ0) is 28.4. The van der Waals surface area contributed by atoms with Crippen LogP contribution in [-0.2, 0) is 14.3 Å². The lowest BCUT2D eigenvalue weighted by molar-refractivity contribution is -0.152. The van der Waals surface area contributed by atoms with E-state index in [0.29, 0.717) is 24.7 Å². The van der Waals surface area contributed by atoms with Crippen molar-refractivity contribution in [3.05, 3.63) is 11.6 Å². The van der Waals surface area contributed by atoms with Crippen LogP contribution in [0.2, 0.25) is 0 Å². The molecule has 3 saturated carbocycles. The van der Waals surface area contributed by atoms with Gasteiger partial charge >= 0.3 is 11.9 Å². The summed E-state index contributed by atoms with van der Waals surface area (Å²) in [6.45, 7) is 15.0. The number of fused-ring (bicyclic) bond motifs is 5. The Labute approximate surface area is 239 Å². The van der Waals surface area contributed by atoms with Crippen molar-refractivity contribution in [2.75, 3.05) is 0 Å². The summed E-state index contributed by atoms with van der Waals surface area (Å²) in [5, 5.41) is 8.80. The quantitative estimate of drug-likeness (QED) is 0.152. The van der Waals surface area contributed by atoms with E-state index in [1.54, 1.807) is 5.57 Å². The molecule has 0 heterocycles. The van der Waals surface area contributed by atoms with Crippen molar-refractivity contribution in [3.8, 4) is 0 Å². The molecule has 0 aromatic rings. The van der Waals surface area contributed by atoms with E-state index in [1.165, 1.54) is 51.4 Å². The molecule has 0 amide bonds. The summed E-state index contributed by atoms with van der Waals surface area (Å²) < 4.78 is 5.89. The largest absolute Gasteiger partial charge is 0.481 e. The van der Waals surface area contributed by atoms with Gasteiger partial charge in [-0.15, -0.1) is 0 Å². The van der Waals surface area contributed by atoms with Crippen molar-refractivity contribution in [2.24, 2.45) is 52.3 Å². The fraction of sp³-hybridized carbons (Fsp3) is 0.886. The van der Waals surface area contributed by atoms with Crippen molar-refractivity contribution in [1.82, 2.24) is 0 Å². The van der Waals surface area contributed by atoms with E-state index in [1.807, 2.05) is 0 Å². The molecule has 1 N–H and O–H groups in total. The highest BCUT2D eigenvalue weighted by atomic mass is 16.5. The molecule has 9 atom stereocenters. The minimum absolute atomic E-state index is 0.00352. The van der Waals surface area contributed by atoms with Gasteiger partial charge in [0, 0.05) is 19.3 Å². The Balaban J connectivity index is 1.35. The number of carboxylic acids is 1. The Morgan fingerprint density at radius 3 is 2.44 bits per heavy atom. The third-order valence-electron chi connectivity index (χ3n) is 12.6. The third-order valence-corrected chi connectivity index (χ3v) is 12.6. The molecule has 0 saturated heterocycles. The van der Waals surface area contributed by atoms with Crippen molar-refractivity contribution in [1.29, 1.82) is 0 Å². The van der Waals surface area contributed by atoms with Crippen molar-refractivity contribution >= 4 is 11.9 Å². The summed E-state index contributed by atoms with van der Waals surface area (Å²) in [6, 6.07) is 0. The molecule has 0 aromatic carbocycles. The topological polar surface area (TPSA) is 63.6 Å². The molecular formula is C35H58O4.